The van der Waals surface area contributed by atoms with Crippen LogP contribution in [0.1, 0.15) is 29.3 Å². The van der Waals surface area contributed by atoms with Gasteiger partial charge in [0.1, 0.15) is 12.4 Å². The molecular formula is C24H25N5O2. The quantitative estimate of drug-likeness (QED) is 0.479. The monoisotopic (exact) mass is 415 g/mol. The highest BCUT2D eigenvalue weighted by atomic mass is 16.5. The molecule has 0 aliphatic heterocycles. The zero-order chi connectivity index (χ0) is 22.0. The summed E-state index contributed by atoms with van der Waals surface area (Å²) < 4.78 is 8.74. The highest BCUT2D eigenvalue weighted by molar-refractivity contribution is 5.62. The lowest BCUT2D eigenvalue weighted by atomic mass is 10.0. The fourth-order valence-corrected chi connectivity index (χ4v) is 3.55. The number of benzene rings is 2. The second-order valence-corrected chi connectivity index (χ2v) is 7.50. The highest BCUT2D eigenvalue weighted by Gasteiger charge is 2.14. The van der Waals surface area contributed by atoms with Gasteiger partial charge >= 0.3 is 5.69 Å². The summed E-state index contributed by atoms with van der Waals surface area (Å²) in [6, 6.07) is 17.9. The van der Waals surface area contributed by atoms with E-state index in [9.17, 15) is 4.79 Å². The van der Waals surface area contributed by atoms with Crippen LogP contribution in [0.2, 0.25) is 0 Å². The largest absolute Gasteiger partial charge is 0.489 e. The average Bonchev–Trinajstić information content (AvgIpc) is 3.11. The predicted octanol–water partition coefficient (Wildman–Crippen LogP) is 3.79. The third-order valence-corrected chi connectivity index (χ3v) is 5.33. The van der Waals surface area contributed by atoms with Gasteiger partial charge in [-0.3, -0.25) is 4.98 Å². The van der Waals surface area contributed by atoms with Crippen LogP contribution in [0.4, 0.5) is 0 Å². The smallest absolute Gasteiger partial charge is 0.368 e. The maximum absolute atomic E-state index is 12.4. The lowest BCUT2D eigenvalue weighted by molar-refractivity contribution is 0.302. The fraction of sp³-hybridized carbons (Fsp3) is 0.250. The Morgan fingerprint density at radius 1 is 1.00 bits per heavy atom. The molecule has 7 heteroatoms. The number of nitrogens with zero attached hydrogens (tertiary/aromatic N) is 5. The van der Waals surface area contributed by atoms with Crippen molar-refractivity contribution in [1.29, 1.82) is 0 Å². The minimum atomic E-state index is -0.295. The Morgan fingerprint density at radius 3 is 2.52 bits per heavy atom. The minimum Gasteiger partial charge on any atom is -0.489 e. The van der Waals surface area contributed by atoms with Gasteiger partial charge in [0.15, 0.2) is 0 Å². The van der Waals surface area contributed by atoms with Crippen molar-refractivity contribution in [3.63, 3.8) is 0 Å². The van der Waals surface area contributed by atoms with Gasteiger partial charge in [0.05, 0.1) is 11.4 Å². The van der Waals surface area contributed by atoms with E-state index in [1.807, 2.05) is 62.4 Å². The van der Waals surface area contributed by atoms with E-state index in [2.05, 4.69) is 28.4 Å². The molecule has 31 heavy (non-hydrogen) atoms. The van der Waals surface area contributed by atoms with Crippen LogP contribution in [0, 0.1) is 13.8 Å². The number of hydrogen-bond donors (Lipinski definition) is 0. The molecule has 2 aromatic heterocycles. The molecule has 0 fully saturated rings. The third kappa shape index (κ3) is 4.12. The number of tetrazole rings is 1. The van der Waals surface area contributed by atoms with Gasteiger partial charge in [-0.2, -0.15) is 9.36 Å². The average molecular weight is 415 g/mol. The van der Waals surface area contributed by atoms with Crippen LogP contribution in [0.5, 0.6) is 5.75 Å². The van der Waals surface area contributed by atoms with Crippen LogP contribution in [0.3, 0.4) is 0 Å². The standard InChI is InChI=1S/C24H25N5O2/c1-5-18-14-19(21-10-7-9-17(3)25-21)12-13-23(18)31-15-20-16(2)8-6-11-22(20)29-24(30)28(4)26-27-29/h6-14H,5,15H2,1-4H3. The van der Waals surface area contributed by atoms with Gasteiger partial charge in [-0.25, -0.2) is 4.79 Å². The highest BCUT2D eigenvalue weighted by Crippen LogP contribution is 2.28. The Morgan fingerprint density at radius 2 is 1.81 bits per heavy atom. The van der Waals surface area contributed by atoms with Crippen LogP contribution in [0.25, 0.3) is 16.9 Å². The number of aryl methyl sites for hydroxylation is 4. The molecule has 0 spiro atoms. The number of pyridine rings is 1. The summed E-state index contributed by atoms with van der Waals surface area (Å²) in [7, 11) is 1.58. The van der Waals surface area contributed by atoms with Crippen LogP contribution >= 0.6 is 0 Å². The summed E-state index contributed by atoms with van der Waals surface area (Å²) in [6.07, 6.45) is 0.833. The summed E-state index contributed by atoms with van der Waals surface area (Å²) in [5.74, 6) is 0.819. The molecule has 4 aromatic rings. The van der Waals surface area contributed by atoms with Crippen molar-refractivity contribution in [3.8, 4) is 22.7 Å². The van der Waals surface area contributed by atoms with Crippen LogP contribution < -0.4 is 10.4 Å². The Kier molecular flexibility index (Phi) is 5.66. The Balaban J connectivity index is 1.64. The first kappa shape index (κ1) is 20.5. The van der Waals surface area contributed by atoms with Gasteiger partial charge in [-0.05, 0) is 78.2 Å². The molecule has 0 bridgehead atoms. The summed E-state index contributed by atoms with van der Waals surface area (Å²) in [6.45, 7) is 6.41. The van der Waals surface area contributed by atoms with E-state index in [1.54, 1.807) is 7.05 Å². The molecule has 0 aliphatic carbocycles. The van der Waals surface area contributed by atoms with E-state index >= 15 is 0 Å². The minimum absolute atomic E-state index is 0.295. The normalized spacial score (nSPS) is 11.0. The van der Waals surface area contributed by atoms with Crippen molar-refractivity contribution in [1.82, 2.24) is 24.8 Å². The van der Waals surface area contributed by atoms with Crippen molar-refractivity contribution in [2.24, 2.45) is 7.05 Å². The second kappa shape index (κ2) is 8.55. The number of rotatable bonds is 6. The van der Waals surface area contributed by atoms with Gasteiger partial charge in [0, 0.05) is 23.9 Å². The molecule has 2 heterocycles. The second-order valence-electron chi connectivity index (χ2n) is 7.50. The van der Waals surface area contributed by atoms with Crippen molar-refractivity contribution in [2.75, 3.05) is 0 Å². The van der Waals surface area contributed by atoms with E-state index in [0.717, 1.165) is 45.8 Å². The lowest BCUT2D eigenvalue weighted by Gasteiger charge is -2.15. The van der Waals surface area contributed by atoms with Gasteiger partial charge < -0.3 is 4.74 Å². The van der Waals surface area contributed by atoms with Crippen LogP contribution in [0.15, 0.2) is 59.4 Å². The molecule has 0 saturated carbocycles. The summed E-state index contributed by atoms with van der Waals surface area (Å²) >= 11 is 0. The Bertz CT molecular complexity index is 1290. The molecule has 0 amide bonds. The molecule has 0 N–H and O–H groups in total. The first-order chi connectivity index (χ1) is 15.0. The van der Waals surface area contributed by atoms with Gasteiger partial charge in [-0.1, -0.05) is 25.1 Å². The Labute approximate surface area is 180 Å². The van der Waals surface area contributed by atoms with E-state index in [0.29, 0.717) is 12.3 Å². The molecule has 0 saturated heterocycles. The number of ether oxygens (including phenoxy) is 1. The fourth-order valence-electron chi connectivity index (χ4n) is 3.55. The zero-order valence-electron chi connectivity index (χ0n) is 18.2. The first-order valence-electron chi connectivity index (χ1n) is 10.3. The number of hydrogen-bond acceptors (Lipinski definition) is 5. The molecule has 7 nitrogen and oxygen atoms in total. The lowest BCUT2D eigenvalue weighted by Crippen LogP contribution is -2.23. The summed E-state index contributed by atoms with van der Waals surface area (Å²) in [5, 5.41) is 7.81. The van der Waals surface area contributed by atoms with Crippen molar-refractivity contribution >= 4 is 0 Å². The molecule has 0 atom stereocenters. The van der Waals surface area contributed by atoms with Crippen molar-refractivity contribution in [3.05, 3.63) is 87.5 Å². The van der Waals surface area contributed by atoms with Crippen molar-refractivity contribution < 1.29 is 4.74 Å². The zero-order valence-corrected chi connectivity index (χ0v) is 18.2. The topological polar surface area (TPSA) is 74.8 Å². The first-order valence-corrected chi connectivity index (χ1v) is 10.3. The maximum atomic E-state index is 12.4. The molecular weight excluding hydrogens is 390 g/mol. The van der Waals surface area contributed by atoms with E-state index in [4.69, 9.17) is 4.74 Å². The Hall–Kier alpha value is -3.74. The molecule has 158 valence electrons. The SMILES string of the molecule is CCc1cc(-c2cccc(C)n2)ccc1OCc1c(C)cccc1-n1nnn(C)c1=O. The molecule has 2 aromatic carbocycles. The molecule has 4 rings (SSSR count). The van der Waals surface area contributed by atoms with E-state index in [-0.39, 0.29) is 5.69 Å². The van der Waals surface area contributed by atoms with Gasteiger partial charge in [0.2, 0.25) is 0 Å². The summed E-state index contributed by atoms with van der Waals surface area (Å²) in [4.78, 5) is 17.0. The third-order valence-electron chi connectivity index (χ3n) is 5.33. The molecule has 0 radical (unpaired) electrons. The maximum Gasteiger partial charge on any atom is 0.368 e. The summed E-state index contributed by atoms with van der Waals surface area (Å²) in [5.41, 5.74) is 6.41. The molecule has 0 aliphatic rings. The van der Waals surface area contributed by atoms with Gasteiger partial charge in [0.25, 0.3) is 0 Å². The van der Waals surface area contributed by atoms with Crippen LogP contribution in [-0.4, -0.2) is 24.8 Å². The van der Waals surface area contributed by atoms with Crippen LogP contribution in [-0.2, 0) is 20.1 Å². The van der Waals surface area contributed by atoms with Crippen molar-refractivity contribution in [2.45, 2.75) is 33.8 Å². The molecule has 0 unspecified atom stereocenters. The number of aromatic nitrogens is 5. The van der Waals surface area contributed by atoms with E-state index in [1.165, 1.54) is 9.36 Å². The van der Waals surface area contributed by atoms with E-state index < -0.39 is 0 Å². The van der Waals surface area contributed by atoms with Gasteiger partial charge in [-0.15, -0.1) is 0 Å². The predicted molar refractivity (Wildman–Crippen MR) is 119 cm³/mol.